The van der Waals surface area contributed by atoms with Crippen LogP contribution >= 0.6 is 0 Å². The molecule has 1 aromatic heterocycles. The number of hydrogen-bond donors (Lipinski definition) is 0. The second-order valence-corrected chi connectivity index (χ2v) is 8.66. The third kappa shape index (κ3) is 4.03. The van der Waals surface area contributed by atoms with Crippen LogP contribution in [0, 0.1) is 6.92 Å². The van der Waals surface area contributed by atoms with Gasteiger partial charge in [0.25, 0.3) is 5.91 Å². The highest BCUT2D eigenvalue weighted by Crippen LogP contribution is 2.38. The molecule has 5 rings (SSSR count). The van der Waals surface area contributed by atoms with Crippen LogP contribution in [-0.2, 0) is 4.74 Å². The molecule has 0 N–H and O–H groups in total. The van der Waals surface area contributed by atoms with E-state index in [1.807, 2.05) is 31.2 Å². The largest absolute Gasteiger partial charge is 0.497 e. The second-order valence-electron chi connectivity index (χ2n) is 8.66. The van der Waals surface area contributed by atoms with Crippen molar-refractivity contribution < 1.29 is 18.7 Å². The normalized spacial score (nSPS) is 18.7. The molecule has 1 saturated heterocycles. The summed E-state index contributed by atoms with van der Waals surface area (Å²) in [6.07, 6.45) is 0.809. The van der Waals surface area contributed by atoms with Crippen LogP contribution in [0.15, 0.2) is 51.7 Å². The van der Waals surface area contributed by atoms with E-state index < -0.39 is 6.04 Å². The minimum atomic E-state index is -0.458. The highest BCUT2D eigenvalue weighted by Gasteiger charge is 2.42. The Morgan fingerprint density at radius 1 is 1.03 bits per heavy atom. The lowest BCUT2D eigenvalue weighted by Crippen LogP contribution is -2.38. The monoisotopic (exact) mass is 448 g/mol. The number of hydrogen-bond acceptors (Lipinski definition) is 6. The first kappa shape index (κ1) is 21.7. The van der Waals surface area contributed by atoms with E-state index in [0.717, 1.165) is 50.4 Å². The average molecular weight is 449 g/mol. The molecule has 0 radical (unpaired) electrons. The Kier molecular flexibility index (Phi) is 5.91. The number of ether oxygens (including phenoxy) is 2. The number of fused-ring (bicyclic) bond motifs is 2. The molecule has 1 atom stereocenters. The van der Waals surface area contributed by atoms with Gasteiger partial charge in [-0.2, -0.15) is 0 Å². The lowest BCUT2D eigenvalue weighted by molar-refractivity contribution is 0.0353. The van der Waals surface area contributed by atoms with Gasteiger partial charge in [0.05, 0.1) is 37.3 Å². The fraction of sp³-hybridized carbons (Fsp3) is 0.385. The minimum Gasteiger partial charge on any atom is -0.497 e. The number of amides is 1. The SMILES string of the molecule is COc1ccc2c(=O)c3c(oc2c1)C(=O)N(CCCN1CCOCC1)[C@H]3c1ccc(C)cc1. The Balaban J connectivity index is 1.53. The zero-order valence-electron chi connectivity index (χ0n) is 19.0. The zero-order valence-corrected chi connectivity index (χ0v) is 19.0. The van der Waals surface area contributed by atoms with Gasteiger partial charge in [-0.25, -0.2) is 0 Å². The molecule has 0 bridgehead atoms. The molecule has 0 aliphatic carbocycles. The van der Waals surface area contributed by atoms with Gasteiger partial charge in [-0.05, 0) is 31.0 Å². The van der Waals surface area contributed by atoms with Crippen molar-refractivity contribution in [1.29, 1.82) is 0 Å². The summed E-state index contributed by atoms with van der Waals surface area (Å²) in [6.45, 7) is 6.74. The van der Waals surface area contributed by atoms with Crippen molar-refractivity contribution in [3.63, 3.8) is 0 Å². The molecule has 7 heteroatoms. The van der Waals surface area contributed by atoms with Gasteiger partial charge >= 0.3 is 0 Å². The van der Waals surface area contributed by atoms with Crippen LogP contribution in [0.25, 0.3) is 11.0 Å². The third-order valence-electron chi connectivity index (χ3n) is 6.55. The highest BCUT2D eigenvalue weighted by molar-refractivity contribution is 5.99. The predicted molar refractivity (Wildman–Crippen MR) is 125 cm³/mol. The van der Waals surface area contributed by atoms with Gasteiger partial charge in [-0.3, -0.25) is 14.5 Å². The van der Waals surface area contributed by atoms with Crippen LogP contribution in [0.5, 0.6) is 5.75 Å². The van der Waals surface area contributed by atoms with Crippen molar-refractivity contribution in [2.24, 2.45) is 0 Å². The van der Waals surface area contributed by atoms with Gasteiger partial charge in [0.2, 0.25) is 5.76 Å². The van der Waals surface area contributed by atoms with E-state index in [1.54, 1.807) is 30.2 Å². The number of nitrogens with zero attached hydrogens (tertiary/aromatic N) is 2. The lowest BCUT2D eigenvalue weighted by atomic mass is 9.97. The topological polar surface area (TPSA) is 72.2 Å². The number of carbonyl (C=O) groups excluding carboxylic acids is 1. The summed E-state index contributed by atoms with van der Waals surface area (Å²) in [7, 11) is 1.56. The van der Waals surface area contributed by atoms with Crippen molar-refractivity contribution in [1.82, 2.24) is 9.80 Å². The molecule has 2 aliphatic rings. The molecule has 172 valence electrons. The highest BCUT2D eigenvalue weighted by atomic mass is 16.5. The zero-order chi connectivity index (χ0) is 22.9. The van der Waals surface area contributed by atoms with Crippen molar-refractivity contribution in [3.8, 4) is 5.75 Å². The van der Waals surface area contributed by atoms with Crippen molar-refractivity contribution in [3.05, 3.63) is 75.1 Å². The predicted octanol–water partition coefficient (Wildman–Crippen LogP) is 3.38. The van der Waals surface area contributed by atoms with E-state index in [1.165, 1.54) is 0 Å². The molecule has 1 amide bonds. The molecule has 0 unspecified atom stereocenters. The summed E-state index contributed by atoms with van der Waals surface area (Å²) in [5.41, 5.74) is 2.67. The Morgan fingerprint density at radius 3 is 2.52 bits per heavy atom. The van der Waals surface area contributed by atoms with Crippen LogP contribution in [-0.4, -0.2) is 62.2 Å². The van der Waals surface area contributed by atoms with E-state index in [-0.39, 0.29) is 17.1 Å². The minimum absolute atomic E-state index is 0.137. The molecule has 2 aromatic carbocycles. The summed E-state index contributed by atoms with van der Waals surface area (Å²) in [4.78, 5) is 31.2. The van der Waals surface area contributed by atoms with Crippen LogP contribution < -0.4 is 10.2 Å². The molecule has 1 fully saturated rings. The molecular weight excluding hydrogens is 420 g/mol. The fourth-order valence-corrected chi connectivity index (χ4v) is 4.74. The van der Waals surface area contributed by atoms with Crippen LogP contribution in [0.4, 0.5) is 0 Å². The molecule has 33 heavy (non-hydrogen) atoms. The number of benzene rings is 2. The quantitative estimate of drug-likeness (QED) is 0.576. The maximum absolute atomic E-state index is 13.6. The van der Waals surface area contributed by atoms with Gasteiger partial charge in [-0.1, -0.05) is 29.8 Å². The maximum Gasteiger partial charge on any atom is 0.290 e. The first-order chi connectivity index (χ1) is 16.1. The molecule has 0 saturated carbocycles. The first-order valence-electron chi connectivity index (χ1n) is 11.4. The third-order valence-corrected chi connectivity index (χ3v) is 6.55. The fourth-order valence-electron chi connectivity index (χ4n) is 4.74. The Morgan fingerprint density at radius 2 is 1.79 bits per heavy atom. The van der Waals surface area contributed by atoms with E-state index in [9.17, 15) is 9.59 Å². The van der Waals surface area contributed by atoms with E-state index >= 15 is 0 Å². The lowest BCUT2D eigenvalue weighted by Gasteiger charge is -2.29. The Bertz CT molecular complexity index is 1230. The Labute approximate surface area is 192 Å². The Hall–Kier alpha value is -3.16. The van der Waals surface area contributed by atoms with Crippen molar-refractivity contribution in [2.75, 3.05) is 46.5 Å². The summed E-state index contributed by atoms with van der Waals surface area (Å²) in [5.74, 6) is 0.477. The van der Waals surface area contributed by atoms with E-state index in [0.29, 0.717) is 28.8 Å². The summed E-state index contributed by atoms with van der Waals surface area (Å²) in [5, 5.41) is 0.453. The van der Waals surface area contributed by atoms with Gasteiger partial charge in [-0.15, -0.1) is 0 Å². The summed E-state index contributed by atoms with van der Waals surface area (Å²) in [6, 6.07) is 12.7. The van der Waals surface area contributed by atoms with Crippen LogP contribution in [0.2, 0.25) is 0 Å². The smallest absolute Gasteiger partial charge is 0.290 e. The van der Waals surface area contributed by atoms with E-state index in [4.69, 9.17) is 13.9 Å². The number of rotatable bonds is 6. The van der Waals surface area contributed by atoms with Gasteiger partial charge < -0.3 is 18.8 Å². The van der Waals surface area contributed by atoms with Crippen molar-refractivity contribution in [2.45, 2.75) is 19.4 Å². The molecule has 3 heterocycles. The first-order valence-corrected chi connectivity index (χ1v) is 11.4. The maximum atomic E-state index is 13.6. The number of morpholine rings is 1. The number of methoxy groups -OCH3 is 1. The standard InChI is InChI=1S/C26H28N2O5/c1-17-4-6-18(7-5-17)23-22-24(29)20-9-8-19(31-2)16-21(20)33-25(22)26(30)28(23)11-3-10-27-12-14-32-15-13-27/h4-9,16,23H,3,10-15H2,1-2H3/t23-/m0/s1. The molecule has 0 spiro atoms. The van der Waals surface area contributed by atoms with E-state index in [2.05, 4.69) is 4.90 Å². The molecule has 3 aromatic rings. The molecule has 7 nitrogen and oxygen atoms in total. The summed E-state index contributed by atoms with van der Waals surface area (Å²) >= 11 is 0. The van der Waals surface area contributed by atoms with Crippen LogP contribution in [0.1, 0.15) is 39.7 Å². The van der Waals surface area contributed by atoms with Crippen molar-refractivity contribution >= 4 is 16.9 Å². The summed E-state index contributed by atoms with van der Waals surface area (Å²) < 4.78 is 16.7. The van der Waals surface area contributed by atoms with Gasteiger partial charge in [0, 0.05) is 32.2 Å². The number of carbonyl (C=O) groups is 1. The van der Waals surface area contributed by atoms with Gasteiger partial charge in [0.15, 0.2) is 5.43 Å². The van der Waals surface area contributed by atoms with Gasteiger partial charge in [0.1, 0.15) is 11.3 Å². The molecule has 2 aliphatic heterocycles. The molecular formula is C26H28N2O5. The second kappa shape index (κ2) is 9.00. The van der Waals surface area contributed by atoms with Crippen LogP contribution in [0.3, 0.4) is 0 Å². The number of aryl methyl sites for hydroxylation is 1. The average Bonchev–Trinajstić information content (AvgIpc) is 3.12.